The molecule has 7 nitrogen and oxygen atoms in total. The molecule has 1 aromatic carbocycles. The number of halogens is 2. The van der Waals surface area contributed by atoms with E-state index in [-0.39, 0.29) is 18.4 Å². The first kappa shape index (κ1) is 18.6. The van der Waals surface area contributed by atoms with Gasteiger partial charge in [0.1, 0.15) is 18.0 Å². The Kier molecular flexibility index (Phi) is 5.13. The molecule has 1 aliphatic rings. The first-order valence-corrected chi connectivity index (χ1v) is 9.53. The van der Waals surface area contributed by atoms with E-state index in [0.717, 1.165) is 24.6 Å². The van der Waals surface area contributed by atoms with Crippen molar-refractivity contribution in [2.45, 2.75) is 26.3 Å². The van der Waals surface area contributed by atoms with Crippen molar-refractivity contribution in [1.82, 2.24) is 24.9 Å². The molecule has 0 atom stereocenters. The van der Waals surface area contributed by atoms with Crippen LogP contribution >= 0.6 is 11.6 Å². The normalized spacial score (nSPS) is 15.2. The Morgan fingerprint density at radius 2 is 2.14 bits per heavy atom. The third-order valence-corrected chi connectivity index (χ3v) is 5.41. The Morgan fingerprint density at radius 3 is 2.89 bits per heavy atom. The van der Waals surface area contributed by atoms with Crippen LogP contribution in [-0.4, -0.2) is 38.6 Å². The summed E-state index contributed by atoms with van der Waals surface area (Å²) in [6.07, 6.45) is 2.89. The third-order valence-electron chi connectivity index (χ3n) is 5.05. The molecule has 4 rings (SSSR count). The Bertz CT molecular complexity index is 995. The molecule has 0 spiro atoms. The Morgan fingerprint density at radius 1 is 1.36 bits per heavy atom. The van der Waals surface area contributed by atoms with E-state index < -0.39 is 5.82 Å². The van der Waals surface area contributed by atoms with E-state index in [0.29, 0.717) is 29.2 Å². The number of amides is 1. The van der Waals surface area contributed by atoms with Gasteiger partial charge in [-0.15, -0.1) is 0 Å². The van der Waals surface area contributed by atoms with Gasteiger partial charge in [-0.1, -0.05) is 17.7 Å². The molecule has 3 heterocycles. The van der Waals surface area contributed by atoms with Crippen LogP contribution in [0.15, 0.2) is 30.6 Å². The quantitative estimate of drug-likeness (QED) is 0.726. The lowest BCUT2D eigenvalue weighted by Crippen LogP contribution is -2.41. The number of nitrogens with one attached hydrogen (secondary N) is 1. The second-order valence-corrected chi connectivity index (χ2v) is 7.31. The molecule has 1 fully saturated rings. The second kappa shape index (κ2) is 7.71. The minimum absolute atomic E-state index is 0.0734. The summed E-state index contributed by atoms with van der Waals surface area (Å²) in [6.45, 7) is 3.45. The summed E-state index contributed by atoms with van der Waals surface area (Å²) in [5, 5.41) is 7.38. The van der Waals surface area contributed by atoms with Crippen LogP contribution in [0.2, 0.25) is 5.02 Å². The number of carbonyl (C=O) groups is 1. The molecule has 1 N–H and O–H groups in total. The van der Waals surface area contributed by atoms with Crippen LogP contribution in [0.5, 0.6) is 0 Å². The standard InChI is InChI=1S/C19H20ClFN6O/c1-12-9-17(27-19(25-12)23-11-24-27)26-7-5-13(6-8-26)18(28)22-10-14-15(20)3-2-4-16(14)21/h2-4,9,11,13H,5-8,10H2,1H3,(H,22,28). The van der Waals surface area contributed by atoms with Gasteiger partial charge in [-0.25, -0.2) is 9.37 Å². The number of fused-ring (bicyclic) bond motifs is 1. The minimum atomic E-state index is -0.410. The monoisotopic (exact) mass is 402 g/mol. The summed E-state index contributed by atoms with van der Waals surface area (Å²) in [5.74, 6) is 0.896. The van der Waals surface area contributed by atoms with Crippen LogP contribution in [0.25, 0.3) is 5.78 Å². The van der Waals surface area contributed by atoms with Crippen molar-refractivity contribution in [2.75, 3.05) is 18.0 Å². The van der Waals surface area contributed by atoms with Gasteiger partial charge in [-0.05, 0) is 31.9 Å². The number of hydrogen-bond donors (Lipinski definition) is 1. The lowest BCUT2D eigenvalue weighted by Gasteiger charge is -2.32. The van der Waals surface area contributed by atoms with Crippen molar-refractivity contribution < 1.29 is 9.18 Å². The highest BCUT2D eigenvalue weighted by Crippen LogP contribution is 2.24. The van der Waals surface area contributed by atoms with Crippen molar-refractivity contribution in [3.05, 3.63) is 52.7 Å². The SMILES string of the molecule is Cc1cc(N2CCC(C(=O)NCc3c(F)cccc3Cl)CC2)n2ncnc2n1. The molecule has 3 aromatic rings. The number of piperidine rings is 1. The number of aryl methyl sites for hydroxylation is 1. The zero-order valence-electron chi connectivity index (χ0n) is 15.4. The highest BCUT2D eigenvalue weighted by molar-refractivity contribution is 6.31. The topological polar surface area (TPSA) is 75.4 Å². The molecule has 146 valence electrons. The summed E-state index contributed by atoms with van der Waals surface area (Å²) >= 11 is 6.02. The highest BCUT2D eigenvalue weighted by Gasteiger charge is 2.26. The maximum atomic E-state index is 13.9. The van der Waals surface area contributed by atoms with Gasteiger partial charge >= 0.3 is 0 Å². The molecule has 28 heavy (non-hydrogen) atoms. The molecule has 0 radical (unpaired) electrons. The van der Waals surface area contributed by atoms with Crippen molar-refractivity contribution in [1.29, 1.82) is 0 Å². The van der Waals surface area contributed by atoms with E-state index in [1.54, 1.807) is 16.6 Å². The van der Waals surface area contributed by atoms with Crippen molar-refractivity contribution in [3.63, 3.8) is 0 Å². The second-order valence-electron chi connectivity index (χ2n) is 6.91. The number of nitrogens with zero attached hydrogens (tertiary/aromatic N) is 5. The molecule has 0 saturated carbocycles. The van der Waals surface area contributed by atoms with E-state index in [9.17, 15) is 9.18 Å². The summed E-state index contributed by atoms with van der Waals surface area (Å²) in [6, 6.07) is 6.48. The van der Waals surface area contributed by atoms with Crippen LogP contribution in [0, 0.1) is 18.7 Å². The van der Waals surface area contributed by atoms with Gasteiger partial charge in [0.25, 0.3) is 5.78 Å². The first-order chi connectivity index (χ1) is 13.5. The van der Waals surface area contributed by atoms with Gasteiger partial charge in [0.15, 0.2) is 0 Å². The molecule has 0 aliphatic carbocycles. The summed E-state index contributed by atoms with van der Waals surface area (Å²) in [5.41, 5.74) is 1.19. The molecule has 9 heteroatoms. The molecule has 0 bridgehead atoms. The first-order valence-electron chi connectivity index (χ1n) is 9.16. The van der Waals surface area contributed by atoms with Gasteiger partial charge in [-0.3, -0.25) is 4.79 Å². The van der Waals surface area contributed by atoms with Gasteiger partial charge < -0.3 is 10.2 Å². The predicted octanol–water partition coefficient (Wildman–Crippen LogP) is 2.76. The number of aromatic nitrogens is 4. The van der Waals surface area contributed by atoms with Crippen molar-refractivity contribution >= 4 is 29.1 Å². The fourth-order valence-electron chi connectivity index (χ4n) is 3.53. The lowest BCUT2D eigenvalue weighted by atomic mass is 9.95. The van der Waals surface area contributed by atoms with Crippen LogP contribution in [-0.2, 0) is 11.3 Å². The minimum Gasteiger partial charge on any atom is -0.356 e. The lowest BCUT2D eigenvalue weighted by molar-refractivity contribution is -0.125. The summed E-state index contributed by atoms with van der Waals surface area (Å²) < 4.78 is 15.6. The number of rotatable bonds is 4. The average molecular weight is 403 g/mol. The Hall–Kier alpha value is -2.74. The highest BCUT2D eigenvalue weighted by atomic mass is 35.5. The predicted molar refractivity (Wildman–Crippen MR) is 104 cm³/mol. The third kappa shape index (κ3) is 3.64. The summed E-state index contributed by atoms with van der Waals surface area (Å²) in [4.78, 5) is 23.2. The van der Waals surface area contributed by atoms with Gasteiger partial charge in [0, 0.05) is 47.9 Å². The van der Waals surface area contributed by atoms with E-state index in [1.165, 1.54) is 12.4 Å². The van der Waals surface area contributed by atoms with E-state index in [2.05, 4.69) is 25.3 Å². The van der Waals surface area contributed by atoms with Crippen molar-refractivity contribution in [3.8, 4) is 0 Å². The van der Waals surface area contributed by atoms with Gasteiger partial charge in [-0.2, -0.15) is 14.6 Å². The van der Waals surface area contributed by atoms with E-state index in [1.807, 2.05) is 13.0 Å². The average Bonchev–Trinajstić information content (AvgIpc) is 3.15. The number of hydrogen-bond acceptors (Lipinski definition) is 5. The molecule has 1 amide bonds. The van der Waals surface area contributed by atoms with E-state index >= 15 is 0 Å². The van der Waals surface area contributed by atoms with E-state index in [4.69, 9.17) is 11.6 Å². The molecular weight excluding hydrogens is 383 g/mol. The van der Waals surface area contributed by atoms with Gasteiger partial charge in [0.2, 0.25) is 5.91 Å². The molecule has 1 aliphatic heterocycles. The number of carbonyl (C=O) groups excluding carboxylic acids is 1. The van der Waals surface area contributed by atoms with Crippen LogP contribution < -0.4 is 10.2 Å². The molecule has 1 saturated heterocycles. The zero-order valence-corrected chi connectivity index (χ0v) is 16.2. The summed E-state index contributed by atoms with van der Waals surface area (Å²) in [7, 11) is 0. The fraction of sp³-hybridized carbons (Fsp3) is 0.368. The maximum Gasteiger partial charge on any atom is 0.254 e. The van der Waals surface area contributed by atoms with Crippen LogP contribution in [0.4, 0.5) is 10.2 Å². The fourth-order valence-corrected chi connectivity index (χ4v) is 3.76. The van der Waals surface area contributed by atoms with Crippen LogP contribution in [0.1, 0.15) is 24.1 Å². The maximum absolute atomic E-state index is 13.9. The van der Waals surface area contributed by atoms with Crippen LogP contribution in [0.3, 0.4) is 0 Å². The Labute approximate surface area is 166 Å². The van der Waals surface area contributed by atoms with Gasteiger partial charge in [0.05, 0.1) is 0 Å². The smallest absolute Gasteiger partial charge is 0.254 e. The molecule has 0 unspecified atom stereocenters. The largest absolute Gasteiger partial charge is 0.356 e. The number of anilines is 1. The Balaban J connectivity index is 1.38. The number of benzene rings is 1. The zero-order chi connectivity index (χ0) is 19.7. The molecular formula is C19H20ClFN6O. The van der Waals surface area contributed by atoms with Crippen molar-refractivity contribution in [2.24, 2.45) is 5.92 Å². The molecule has 2 aromatic heterocycles.